The number of benzene rings is 1. The van der Waals surface area contributed by atoms with E-state index in [-0.39, 0.29) is 5.91 Å². The monoisotopic (exact) mass is 311 g/mol. The molecule has 1 fully saturated rings. The summed E-state index contributed by atoms with van der Waals surface area (Å²) in [6, 6.07) is 8.19. The molecule has 1 aromatic heterocycles. The number of hydrogen-bond donors (Lipinski definition) is 0. The molecule has 0 aliphatic carbocycles. The van der Waals surface area contributed by atoms with Gasteiger partial charge in [-0.2, -0.15) is 5.10 Å². The van der Waals surface area contributed by atoms with Crippen LogP contribution in [0.15, 0.2) is 24.3 Å². The third-order valence-electron chi connectivity index (χ3n) is 4.63. The van der Waals surface area contributed by atoms with Crippen LogP contribution in [-0.2, 0) is 6.42 Å². The van der Waals surface area contributed by atoms with Crippen molar-refractivity contribution >= 4 is 5.91 Å². The first kappa shape index (κ1) is 15.8. The fourth-order valence-electron chi connectivity index (χ4n) is 3.36. The molecule has 0 bridgehead atoms. The number of para-hydroxylation sites is 1. The fraction of sp³-hybridized carbons (Fsp3) is 0.474. The van der Waals surface area contributed by atoms with Crippen LogP contribution in [0.1, 0.15) is 53.5 Å². The molecular formula is C19H25N3O. The Morgan fingerprint density at radius 3 is 2.52 bits per heavy atom. The minimum atomic E-state index is 0.156. The van der Waals surface area contributed by atoms with Gasteiger partial charge in [-0.05, 0) is 44.7 Å². The minimum absolute atomic E-state index is 0.156. The summed E-state index contributed by atoms with van der Waals surface area (Å²) >= 11 is 0. The number of aromatic nitrogens is 2. The van der Waals surface area contributed by atoms with Crippen LogP contribution >= 0.6 is 0 Å². The van der Waals surface area contributed by atoms with E-state index in [2.05, 4.69) is 26.0 Å². The van der Waals surface area contributed by atoms with E-state index in [1.807, 2.05) is 28.6 Å². The molecule has 1 amide bonds. The third-order valence-corrected chi connectivity index (χ3v) is 4.63. The van der Waals surface area contributed by atoms with Gasteiger partial charge in [0.25, 0.3) is 5.91 Å². The number of aryl methyl sites for hydroxylation is 2. The minimum Gasteiger partial charge on any atom is -0.339 e. The van der Waals surface area contributed by atoms with Gasteiger partial charge in [0.15, 0.2) is 0 Å². The smallest absolute Gasteiger partial charge is 0.257 e. The molecule has 122 valence electrons. The average Bonchev–Trinajstić information content (AvgIpc) is 3.17. The molecule has 0 atom stereocenters. The van der Waals surface area contributed by atoms with E-state index in [9.17, 15) is 4.79 Å². The number of likely N-dealkylation sites (tertiary alicyclic amines) is 1. The molecule has 0 saturated carbocycles. The van der Waals surface area contributed by atoms with Crippen molar-refractivity contribution in [2.24, 2.45) is 0 Å². The standard InChI is InChI=1S/C19H25N3O/c1-4-9-16-18(19(23)21-12-7-8-13-21)15(3)22(20-16)17-11-6-5-10-14(17)2/h5-6,10-11H,4,7-9,12-13H2,1-3H3. The van der Waals surface area contributed by atoms with Crippen molar-refractivity contribution in [3.8, 4) is 5.69 Å². The van der Waals surface area contributed by atoms with E-state index >= 15 is 0 Å². The summed E-state index contributed by atoms with van der Waals surface area (Å²) in [4.78, 5) is 14.9. The Labute approximate surface area is 138 Å². The molecule has 4 heteroatoms. The van der Waals surface area contributed by atoms with Crippen LogP contribution in [0.3, 0.4) is 0 Å². The summed E-state index contributed by atoms with van der Waals surface area (Å²) in [5.41, 5.74) is 4.94. The van der Waals surface area contributed by atoms with Gasteiger partial charge >= 0.3 is 0 Å². The molecule has 0 spiro atoms. The summed E-state index contributed by atoms with van der Waals surface area (Å²) < 4.78 is 1.95. The maximum atomic E-state index is 13.0. The largest absolute Gasteiger partial charge is 0.339 e. The molecule has 1 aromatic carbocycles. The quantitative estimate of drug-likeness (QED) is 0.864. The Morgan fingerprint density at radius 1 is 1.17 bits per heavy atom. The highest BCUT2D eigenvalue weighted by atomic mass is 16.2. The molecule has 3 rings (SSSR count). The van der Waals surface area contributed by atoms with Crippen LogP contribution in [0.2, 0.25) is 0 Å². The third kappa shape index (κ3) is 2.90. The number of hydrogen-bond acceptors (Lipinski definition) is 2. The number of nitrogens with zero attached hydrogens (tertiary/aromatic N) is 3. The molecule has 0 radical (unpaired) electrons. The van der Waals surface area contributed by atoms with Crippen LogP contribution in [0.4, 0.5) is 0 Å². The van der Waals surface area contributed by atoms with Crippen molar-refractivity contribution in [2.45, 2.75) is 46.5 Å². The lowest BCUT2D eigenvalue weighted by atomic mass is 10.1. The second-order valence-electron chi connectivity index (χ2n) is 6.35. The lowest BCUT2D eigenvalue weighted by Crippen LogP contribution is -2.28. The molecule has 1 aliphatic rings. The maximum Gasteiger partial charge on any atom is 0.257 e. The van der Waals surface area contributed by atoms with Crippen LogP contribution in [0, 0.1) is 13.8 Å². The number of amides is 1. The van der Waals surface area contributed by atoms with Crippen LogP contribution < -0.4 is 0 Å². The van der Waals surface area contributed by atoms with E-state index in [4.69, 9.17) is 5.10 Å². The number of rotatable bonds is 4. The topological polar surface area (TPSA) is 38.1 Å². The normalized spacial score (nSPS) is 14.5. The molecular weight excluding hydrogens is 286 g/mol. The summed E-state index contributed by atoms with van der Waals surface area (Å²) in [5.74, 6) is 0.156. The highest BCUT2D eigenvalue weighted by Crippen LogP contribution is 2.24. The second kappa shape index (κ2) is 6.57. The maximum absolute atomic E-state index is 13.0. The average molecular weight is 311 g/mol. The predicted octanol–water partition coefficient (Wildman–Crippen LogP) is 3.68. The van der Waals surface area contributed by atoms with Crippen LogP contribution in [-0.4, -0.2) is 33.7 Å². The van der Waals surface area contributed by atoms with Gasteiger partial charge in [0.1, 0.15) is 0 Å². The fourth-order valence-corrected chi connectivity index (χ4v) is 3.36. The molecule has 0 N–H and O–H groups in total. The first-order chi connectivity index (χ1) is 11.1. The van der Waals surface area contributed by atoms with Crippen molar-refractivity contribution in [3.05, 3.63) is 46.8 Å². The predicted molar refractivity (Wildman–Crippen MR) is 92.2 cm³/mol. The zero-order valence-corrected chi connectivity index (χ0v) is 14.3. The van der Waals surface area contributed by atoms with Gasteiger partial charge in [-0.15, -0.1) is 0 Å². The van der Waals surface area contributed by atoms with E-state index in [1.54, 1.807) is 0 Å². The van der Waals surface area contributed by atoms with E-state index in [1.165, 1.54) is 5.56 Å². The Balaban J connectivity index is 2.08. The highest BCUT2D eigenvalue weighted by Gasteiger charge is 2.27. The molecule has 1 aliphatic heterocycles. The first-order valence-corrected chi connectivity index (χ1v) is 8.57. The molecule has 0 unspecified atom stereocenters. The molecule has 2 heterocycles. The highest BCUT2D eigenvalue weighted by molar-refractivity contribution is 5.96. The number of carbonyl (C=O) groups excluding carboxylic acids is 1. The van der Waals surface area contributed by atoms with Crippen LogP contribution in [0.25, 0.3) is 5.69 Å². The van der Waals surface area contributed by atoms with Gasteiger partial charge in [0.2, 0.25) is 0 Å². The first-order valence-electron chi connectivity index (χ1n) is 8.57. The molecule has 1 saturated heterocycles. The van der Waals surface area contributed by atoms with Crippen molar-refractivity contribution in [2.75, 3.05) is 13.1 Å². The Bertz CT molecular complexity index is 711. The summed E-state index contributed by atoms with van der Waals surface area (Å²) in [6.45, 7) is 7.98. The van der Waals surface area contributed by atoms with Crippen LogP contribution in [0.5, 0.6) is 0 Å². The van der Waals surface area contributed by atoms with E-state index in [0.717, 1.165) is 61.4 Å². The van der Waals surface area contributed by atoms with Crippen molar-refractivity contribution in [1.82, 2.24) is 14.7 Å². The number of carbonyl (C=O) groups is 1. The lowest BCUT2D eigenvalue weighted by Gasteiger charge is -2.16. The van der Waals surface area contributed by atoms with Crippen molar-refractivity contribution in [3.63, 3.8) is 0 Å². The van der Waals surface area contributed by atoms with Crippen molar-refractivity contribution < 1.29 is 4.79 Å². The zero-order chi connectivity index (χ0) is 16.4. The van der Waals surface area contributed by atoms with Gasteiger partial charge in [0.05, 0.1) is 22.6 Å². The van der Waals surface area contributed by atoms with Gasteiger partial charge in [0, 0.05) is 13.1 Å². The molecule has 23 heavy (non-hydrogen) atoms. The lowest BCUT2D eigenvalue weighted by molar-refractivity contribution is 0.0791. The molecule has 2 aromatic rings. The van der Waals surface area contributed by atoms with E-state index in [0.29, 0.717) is 0 Å². The van der Waals surface area contributed by atoms with E-state index < -0.39 is 0 Å². The van der Waals surface area contributed by atoms with Gasteiger partial charge in [-0.1, -0.05) is 31.5 Å². The Hall–Kier alpha value is -2.10. The summed E-state index contributed by atoms with van der Waals surface area (Å²) in [7, 11) is 0. The van der Waals surface area contributed by atoms with Gasteiger partial charge < -0.3 is 4.90 Å². The second-order valence-corrected chi connectivity index (χ2v) is 6.35. The van der Waals surface area contributed by atoms with Crippen molar-refractivity contribution in [1.29, 1.82) is 0 Å². The van der Waals surface area contributed by atoms with Gasteiger partial charge in [-0.25, -0.2) is 4.68 Å². The summed E-state index contributed by atoms with van der Waals surface area (Å²) in [5, 5.41) is 4.79. The molecule has 4 nitrogen and oxygen atoms in total. The Kier molecular flexibility index (Phi) is 4.51. The SMILES string of the molecule is CCCc1nn(-c2ccccc2C)c(C)c1C(=O)N1CCCC1. The summed E-state index contributed by atoms with van der Waals surface area (Å²) in [6.07, 6.45) is 4.05. The Morgan fingerprint density at radius 2 is 1.87 bits per heavy atom. The zero-order valence-electron chi connectivity index (χ0n) is 14.3. The van der Waals surface area contributed by atoms with Gasteiger partial charge in [-0.3, -0.25) is 4.79 Å².